The van der Waals surface area contributed by atoms with Crippen molar-refractivity contribution < 1.29 is 9.90 Å². The molecule has 4 unspecified atom stereocenters. The van der Waals surface area contributed by atoms with Crippen LogP contribution in [0.25, 0.3) is 0 Å². The molecule has 0 aromatic carbocycles. The summed E-state index contributed by atoms with van der Waals surface area (Å²) in [5.41, 5.74) is 5.86. The first-order chi connectivity index (χ1) is 7.54. The Morgan fingerprint density at radius 2 is 2.19 bits per heavy atom. The number of rotatable bonds is 4. The average Bonchev–Trinajstić information content (AvgIpc) is 2.27. The van der Waals surface area contributed by atoms with E-state index in [9.17, 15) is 4.79 Å². The van der Waals surface area contributed by atoms with Crippen LogP contribution in [0.3, 0.4) is 0 Å². The Kier molecular flexibility index (Phi) is 5.22. The van der Waals surface area contributed by atoms with Crippen LogP contribution < -0.4 is 11.1 Å². The number of carbonyl (C=O) groups excluding carboxylic acids is 1. The molecule has 1 amide bonds. The van der Waals surface area contributed by atoms with Crippen molar-refractivity contribution in [3.63, 3.8) is 0 Å². The van der Waals surface area contributed by atoms with E-state index in [0.29, 0.717) is 0 Å². The van der Waals surface area contributed by atoms with Gasteiger partial charge in [0.25, 0.3) is 0 Å². The lowest BCUT2D eigenvalue weighted by Gasteiger charge is -2.28. The SMILES string of the molecule is CC(CO)C(C)NC(=O)C1CCCC(N)C1. The second-order valence-corrected chi connectivity index (χ2v) is 5.08. The number of carbonyl (C=O) groups is 1. The van der Waals surface area contributed by atoms with Crippen LogP contribution in [0.1, 0.15) is 39.5 Å². The molecular formula is C12H24N2O2. The number of aliphatic hydroxyl groups is 1. The zero-order valence-electron chi connectivity index (χ0n) is 10.3. The fourth-order valence-corrected chi connectivity index (χ4v) is 2.11. The minimum absolute atomic E-state index is 0.0238. The van der Waals surface area contributed by atoms with Gasteiger partial charge in [0.2, 0.25) is 5.91 Å². The second kappa shape index (κ2) is 6.21. The van der Waals surface area contributed by atoms with Gasteiger partial charge in [-0.05, 0) is 32.1 Å². The third-order valence-electron chi connectivity index (χ3n) is 3.60. The Balaban J connectivity index is 2.39. The minimum atomic E-state index is 0.0238. The van der Waals surface area contributed by atoms with Gasteiger partial charge in [0.1, 0.15) is 0 Å². The molecule has 1 aliphatic rings. The van der Waals surface area contributed by atoms with E-state index in [4.69, 9.17) is 10.8 Å². The largest absolute Gasteiger partial charge is 0.396 e. The lowest BCUT2D eigenvalue weighted by Crippen LogP contribution is -2.44. The molecule has 0 bridgehead atoms. The molecule has 1 rings (SSSR count). The van der Waals surface area contributed by atoms with Crippen LogP contribution in [0.2, 0.25) is 0 Å². The zero-order chi connectivity index (χ0) is 12.1. The van der Waals surface area contributed by atoms with Crippen molar-refractivity contribution in [1.29, 1.82) is 0 Å². The molecule has 0 aromatic heterocycles. The Morgan fingerprint density at radius 3 is 2.75 bits per heavy atom. The molecule has 16 heavy (non-hydrogen) atoms. The van der Waals surface area contributed by atoms with Gasteiger partial charge in [-0.1, -0.05) is 13.3 Å². The number of nitrogens with two attached hydrogens (primary N) is 1. The quantitative estimate of drug-likeness (QED) is 0.661. The van der Waals surface area contributed by atoms with Gasteiger partial charge in [0, 0.05) is 24.6 Å². The summed E-state index contributed by atoms with van der Waals surface area (Å²) in [4.78, 5) is 11.9. The fraction of sp³-hybridized carbons (Fsp3) is 0.917. The minimum Gasteiger partial charge on any atom is -0.396 e. The average molecular weight is 228 g/mol. The molecule has 0 heterocycles. The first kappa shape index (κ1) is 13.5. The van der Waals surface area contributed by atoms with Crippen molar-refractivity contribution >= 4 is 5.91 Å². The van der Waals surface area contributed by atoms with Gasteiger partial charge in [0.05, 0.1) is 0 Å². The summed E-state index contributed by atoms with van der Waals surface area (Å²) in [5.74, 6) is 0.265. The lowest BCUT2D eigenvalue weighted by molar-refractivity contribution is -0.127. The summed E-state index contributed by atoms with van der Waals surface area (Å²) in [5, 5.41) is 12.0. The predicted molar refractivity (Wildman–Crippen MR) is 63.8 cm³/mol. The molecule has 4 atom stereocenters. The smallest absolute Gasteiger partial charge is 0.223 e. The van der Waals surface area contributed by atoms with E-state index in [-0.39, 0.29) is 36.4 Å². The third kappa shape index (κ3) is 3.76. The molecule has 1 saturated carbocycles. The van der Waals surface area contributed by atoms with Crippen molar-refractivity contribution in [2.45, 2.75) is 51.6 Å². The molecule has 0 spiro atoms. The van der Waals surface area contributed by atoms with Crippen LogP contribution in [0.5, 0.6) is 0 Å². The van der Waals surface area contributed by atoms with Gasteiger partial charge >= 0.3 is 0 Å². The number of hydrogen-bond donors (Lipinski definition) is 3. The van der Waals surface area contributed by atoms with Gasteiger partial charge in [-0.3, -0.25) is 4.79 Å². The molecule has 1 fully saturated rings. The van der Waals surface area contributed by atoms with E-state index in [1.807, 2.05) is 13.8 Å². The van der Waals surface area contributed by atoms with E-state index >= 15 is 0 Å². The van der Waals surface area contributed by atoms with Gasteiger partial charge < -0.3 is 16.2 Å². The molecule has 0 radical (unpaired) electrons. The maximum atomic E-state index is 11.9. The van der Waals surface area contributed by atoms with Gasteiger partial charge in [-0.2, -0.15) is 0 Å². The molecule has 4 nitrogen and oxygen atoms in total. The van der Waals surface area contributed by atoms with Crippen molar-refractivity contribution in [2.75, 3.05) is 6.61 Å². The highest BCUT2D eigenvalue weighted by Gasteiger charge is 2.26. The summed E-state index contributed by atoms with van der Waals surface area (Å²) in [6.07, 6.45) is 3.82. The maximum absolute atomic E-state index is 11.9. The molecule has 1 aliphatic carbocycles. The number of amides is 1. The third-order valence-corrected chi connectivity index (χ3v) is 3.60. The van der Waals surface area contributed by atoms with Crippen LogP contribution in [0, 0.1) is 11.8 Å². The number of aliphatic hydroxyl groups excluding tert-OH is 1. The monoisotopic (exact) mass is 228 g/mol. The first-order valence-corrected chi connectivity index (χ1v) is 6.21. The van der Waals surface area contributed by atoms with Crippen LogP contribution in [-0.4, -0.2) is 29.7 Å². The van der Waals surface area contributed by atoms with E-state index in [2.05, 4.69) is 5.32 Å². The van der Waals surface area contributed by atoms with Crippen LogP contribution >= 0.6 is 0 Å². The molecular weight excluding hydrogens is 204 g/mol. The van der Waals surface area contributed by atoms with Crippen molar-refractivity contribution in [2.24, 2.45) is 17.6 Å². The predicted octanol–water partition coefficient (Wildman–Crippen LogP) is 0.637. The van der Waals surface area contributed by atoms with Gasteiger partial charge in [-0.25, -0.2) is 0 Å². The van der Waals surface area contributed by atoms with E-state index in [1.54, 1.807) is 0 Å². The molecule has 4 N–H and O–H groups in total. The topological polar surface area (TPSA) is 75.3 Å². The van der Waals surface area contributed by atoms with Crippen LogP contribution in [0.4, 0.5) is 0 Å². The van der Waals surface area contributed by atoms with Crippen molar-refractivity contribution in [1.82, 2.24) is 5.32 Å². The van der Waals surface area contributed by atoms with Crippen molar-refractivity contribution in [3.05, 3.63) is 0 Å². The number of hydrogen-bond acceptors (Lipinski definition) is 3. The summed E-state index contributed by atoms with van der Waals surface area (Å²) < 4.78 is 0. The van der Waals surface area contributed by atoms with Crippen LogP contribution in [-0.2, 0) is 4.79 Å². The lowest BCUT2D eigenvalue weighted by atomic mass is 9.85. The van der Waals surface area contributed by atoms with E-state index in [0.717, 1.165) is 25.7 Å². The molecule has 4 heteroatoms. The molecule has 0 aromatic rings. The Bertz CT molecular complexity index is 233. The highest BCUT2D eigenvalue weighted by molar-refractivity contribution is 5.79. The van der Waals surface area contributed by atoms with Crippen LogP contribution in [0.15, 0.2) is 0 Å². The van der Waals surface area contributed by atoms with Gasteiger partial charge in [0.15, 0.2) is 0 Å². The summed E-state index contributed by atoms with van der Waals surface area (Å²) in [7, 11) is 0. The standard InChI is InChI=1S/C12H24N2O2/c1-8(7-15)9(2)14-12(16)10-4-3-5-11(13)6-10/h8-11,15H,3-7,13H2,1-2H3,(H,14,16). The Morgan fingerprint density at radius 1 is 1.50 bits per heavy atom. The fourth-order valence-electron chi connectivity index (χ4n) is 2.11. The van der Waals surface area contributed by atoms with E-state index in [1.165, 1.54) is 0 Å². The molecule has 0 aliphatic heterocycles. The highest BCUT2D eigenvalue weighted by Crippen LogP contribution is 2.23. The zero-order valence-corrected chi connectivity index (χ0v) is 10.3. The maximum Gasteiger partial charge on any atom is 0.223 e. The Labute approximate surface area is 97.6 Å². The summed E-state index contributed by atoms with van der Waals surface area (Å²) >= 11 is 0. The first-order valence-electron chi connectivity index (χ1n) is 6.21. The molecule has 94 valence electrons. The Hall–Kier alpha value is -0.610. The van der Waals surface area contributed by atoms with E-state index < -0.39 is 0 Å². The highest BCUT2D eigenvalue weighted by atomic mass is 16.3. The molecule has 0 saturated heterocycles. The number of nitrogens with one attached hydrogen (secondary N) is 1. The van der Waals surface area contributed by atoms with Crippen molar-refractivity contribution in [3.8, 4) is 0 Å². The summed E-state index contributed by atoms with van der Waals surface area (Å²) in [6.45, 7) is 3.96. The second-order valence-electron chi connectivity index (χ2n) is 5.08. The van der Waals surface area contributed by atoms with Gasteiger partial charge in [-0.15, -0.1) is 0 Å². The summed E-state index contributed by atoms with van der Waals surface area (Å²) in [6, 6.07) is 0.200. The normalized spacial score (nSPS) is 29.5.